The zero-order valence-electron chi connectivity index (χ0n) is 12.0. The summed E-state index contributed by atoms with van der Waals surface area (Å²) < 4.78 is 1.63. The average molecular weight is 304 g/mol. The van der Waals surface area contributed by atoms with Gasteiger partial charge in [0.15, 0.2) is 5.65 Å². The minimum Gasteiger partial charge on any atom is -0.289 e. The number of pyridine rings is 1. The topological polar surface area (TPSA) is 88.0 Å². The van der Waals surface area contributed by atoms with Crippen molar-refractivity contribution in [3.05, 3.63) is 66.6 Å². The third-order valence-corrected chi connectivity index (χ3v) is 3.42. The number of anilines is 1. The highest BCUT2D eigenvalue weighted by Gasteiger charge is 2.10. The molecule has 0 aliphatic carbocycles. The lowest BCUT2D eigenvalue weighted by Gasteiger charge is -1.99. The van der Waals surface area contributed by atoms with E-state index in [-0.39, 0.29) is 11.9 Å². The Kier molecular flexibility index (Phi) is 3.09. The maximum atomic E-state index is 12.1. The van der Waals surface area contributed by atoms with Crippen molar-refractivity contribution in [3.63, 3.8) is 0 Å². The number of carbonyl (C=O) groups excluding carboxylic acids is 1. The van der Waals surface area contributed by atoms with Crippen LogP contribution in [0.1, 0.15) is 10.4 Å². The number of hydrogen-bond donors (Lipinski definition) is 2. The molecule has 23 heavy (non-hydrogen) atoms. The minimum atomic E-state index is -0.239. The highest BCUT2D eigenvalue weighted by atomic mass is 16.1. The van der Waals surface area contributed by atoms with Crippen molar-refractivity contribution in [3.8, 4) is 11.1 Å². The Labute approximate surface area is 131 Å². The van der Waals surface area contributed by atoms with Crippen LogP contribution in [0, 0.1) is 0 Å². The molecule has 4 rings (SSSR count). The summed E-state index contributed by atoms with van der Waals surface area (Å²) in [5, 5.41) is 13.7. The number of benzene rings is 1. The molecule has 0 aliphatic heterocycles. The van der Waals surface area contributed by atoms with E-state index in [1.165, 1.54) is 0 Å². The van der Waals surface area contributed by atoms with Crippen LogP contribution in [0.2, 0.25) is 0 Å². The third kappa shape index (κ3) is 2.55. The molecule has 2 N–H and O–H groups in total. The van der Waals surface area contributed by atoms with Gasteiger partial charge in [-0.05, 0) is 24.3 Å². The summed E-state index contributed by atoms with van der Waals surface area (Å²) in [6.07, 6.45) is 5.37. The molecule has 0 spiro atoms. The third-order valence-electron chi connectivity index (χ3n) is 3.42. The summed E-state index contributed by atoms with van der Waals surface area (Å²) in [4.78, 5) is 16.4. The van der Waals surface area contributed by atoms with E-state index in [2.05, 4.69) is 25.6 Å². The number of amides is 1. The number of carbonyl (C=O) groups is 1. The molecule has 112 valence electrons. The van der Waals surface area contributed by atoms with E-state index < -0.39 is 0 Å². The van der Waals surface area contributed by atoms with Gasteiger partial charge in [-0.15, -0.1) is 5.10 Å². The molecular weight excluding hydrogens is 292 g/mol. The number of nitrogens with zero attached hydrogens (tertiary/aromatic N) is 4. The van der Waals surface area contributed by atoms with Crippen LogP contribution in [0.4, 0.5) is 5.95 Å². The molecule has 3 aromatic heterocycles. The zero-order chi connectivity index (χ0) is 15.6. The molecule has 1 amide bonds. The highest BCUT2D eigenvalue weighted by molar-refractivity contribution is 6.03. The van der Waals surface area contributed by atoms with E-state index in [0.717, 1.165) is 11.1 Å². The van der Waals surface area contributed by atoms with Crippen LogP contribution in [0.3, 0.4) is 0 Å². The lowest BCUT2D eigenvalue weighted by Crippen LogP contribution is -2.12. The number of rotatable bonds is 3. The fourth-order valence-corrected chi connectivity index (χ4v) is 2.28. The second-order valence-electron chi connectivity index (χ2n) is 4.96. The van der Waals surface area contributed by atoms with Gasteiger partial charge in [-0.3, -0.25) is 15.2 Å². The van der Waals surface area contributed by atoms with Gasteiger partial charge in [-0.2, -0.15) is 10.1 Å². The van der Waals surface area contributed by atoms with Crippen molar-refractivity contribution in [2.24, 2.45) is 0 Å². The summed E-state index contributed by atoms with van der Waals surface area (Å²) in [6, 6.07) is 12.7. The Bertz CT molecular complexity index is 959. The molecule has 0 fully saturated rings. The fourth-order valence-electron chi connectivity index (χ4n) is 2.28. The second kappa shape index (κ2) is 5.38. The monoisotopic (exact) mass is 304 g/mol. The molecule has 0 aliphatic rings. The molecule has 0 radical (unpaired) electrons. The number of fused-ring (bicyclic) bond motifs is 1. The molecule has 4 aromatic rings. The van der Waals surface area contributed by atoms with Gasteiger partial charge in [-0.1, -0.05) is 18.2 Å². The summed E-state index contributed by atoms with van der Waals surface area (Å²) in [5.41, 5.74) is 3.13. The number of nitrogens with one attached hydrogen (secondary N) is 2. The van der Waals surface area contributed by atoms with Crippen LogP contribution in [0.15, 0.2) is 61.1 Å². The predicted octanol–water partition coefficient (Wildman–Crippen LogP) is 2.37. The number of aromatic nitrogens is 5. The first-order chi connectivity index (χ1) is 11.3. The first-order valence-electron chi connectivity index (χ1n) is 7.01. The van der Waals surface area contributed by atoms with Gasteiger partial charge >= 0.3 is 0 Å². The highest BCUT2D eigenvalue weighted by Crippen LogP contribution is 2.18. The molecule has 3 heterocycles. The average Bonchev–Trinajstić information content (AvgIpc) is 3.24. The molecule has 1 aromatic carbocycles. The summed E-state index contributed by atoms with van der Waals surface area (Å²) in [6.45, 7) is 0. The Morgan fingerprint density at radius 1 is 1.09 bits per heavy atom. The summed E-state index contributed by atoms with van der Waals surface area (Å²) in [7, 11) is 0. The lowest BCUT2D eigenvalue weighted by molar-refractivity contribution is 0.102. The number of H-pyrrole nitrogens is 1. The van der Waals surface area contributed by atoms with Crippen molar-refractivity contribution in [2.45, 2.75) is 0 Å². The quantitative estimate of drug-likeness (QED) is 0.608. The van der Waals surface area contributed by atoms with Crippen LogP contribution in [-0.2, 0) is 0 Å². The van der Waals surface area contributed by atoms with Crippen molar-refractivity contribution in [1.82, 2.24) is 24.8 Å². The maximum absolute atomic E-state index is 12.1. The number of aromatic amines is 1. The number of hydrogen-bond acceptors (Lipinski definition) is 4. The van der Waals surface area contributed by atoms with Crippen LogP contribution < -0.4 is 5.32 Å². The van der Waals surface area contributed by atoms with E-state index in [1.807, 2.05) is 36.5 Å². The van der Waals surface area contributed by atoms with Gasteiger partial charge < -0.3 is 0 Å². The van der Waals surface area contributed by atoms with Crippen molar-refractivity contribution in [1.29, 1.82) is 0 Å². The minimum absolute atomic E-state index is 0.239. The molecule has 0 atom stereocenters. The second-order valence-corrected chi connectivity index (χ2v) is 4.96. The van der Waals surface area contributed by atoms with Crippen molar-refractivity contribution < 1.29 is 4.79 Å². The normalized spacial score (nSPS) is 10.8. The standard InChI is InChI=1S/C16H12N6O/c23-15(11-4-2-1-3-5-11)20-16-19-14-7-6-12(10-22(14)21-16)13-8-17-18-9-13/h1-10H,(H,17,18)(H,20,21,23). The van der Waals surface area contributed by atoms with Crippen LogP contribution in [0.5, 0.6) is 0 Å². The zero-order valence-corrected chi connectivity index (χ0v) is 12.0. The van der Waals surface area contributed by atoms with Crippen LogP contribution in [0.25, 0.3) is 16.8 Å². The maximum Gasteiger partial charge on any atom is 0.258 e. The molecule has 0 unspecified atom stereocenters. The van der Waals surface area contributed by atoms with Crippen LogP contribution in [-0.4, -0.2) is 30.7 Å². The van der Waals surface area contributed by atoms with Crippen molar-refractivity contribution >= 4 is 17.5 Å². The summed E-state index contributed by atoms with van der Waals surface area (Å²) in [5.74, 6) is 0.0276. The Morgan fingerprint density at radius 3 is 2.74 bits per heavy atom. The Balaban J connectivity index is 1.63. The van der Waals surface area contributed by atoms with Crippen LogP contribution >= 0.6 is 0 Å². The SMILES string of the molecule is O=C(Nc1nc2ccc(-c3cn[nH]c3)cn2n1)c1ccccc1. The van der Waals surface area contributed by atoms with E-state index in [1.54, 1.807) is 29.0 Å². The van der Waals surface area contributed by atoms with Gasteiger partial charge in [0.05, 0.1) is 6.20 Å². The van der Waals surface area contributed by atoms with Gasteiger partial charge in [0, 0.05) is 29.1 Å². The van der Waals surface area contributed by atoms with E-state index in [9.17, 15) is 4.79 Å². The van der Waals surface area contributed by atoms with Gasteiger partial charge in [0.25, 0.3) is 5.91 Å². The fraction of sp³-hybridized carbons (Fsp3) is 0. The molecular formula is C16H12N6O. The van der Waals surface area contributed by atoms with E-state index in [0.29, 0.717) is 11.2 Å². The lowest BCUT2D eigenvalue weighted by atomic mass is 10.2. The van der Waals surface area contributed by atoms with E-state index >= 15 is 0 Å². The Hall–Kier alpha value is -3.48. The first kappa shape index (κ1) is 13.2. The smallest absolute Gasteiger partial charge is 0.258 e. The van der Waals surface area contributed by atoms with Gasteiger partial charge in [-0.25, -0.2) is 4.52 Å². The van der Waals surface area contributed by atoms with E-state index in [4.69, 9.17) is 0 Å². The predicted molar refractivity (Wildman–Crippen MR) is 85.0 cm³/mol. The molecule has 7 nitrogen and oxygen atoms in total. The molecule has 0 saturated heterocycles. The summed E-state index contributed by atoms with van der Waals surface area (Å²) >= 11 is 0. The molecule has 7 heteroatoms. The molecule has 0 saturated carbocycles. The molecule has 0 bridgehead atoms. The largest absolute Gasteiger partial charge is 0.289 e. The van der Waals surface area contributed by atoms with Crippen molar-refractivity contribution in [2.75, 3.05) is 5.32 Å². The first-order valence-corrected chi connectivity index (χ1v) is 7.01. The van der Waals surface area contributed by atoms with Gasteiger partial charge in [0.2, 0.25) is 5.95 Å². The van der Waals surface area contributed by atoms with Gasteiger partial charge in [0.1, 0.15) is 0 Å². The Morgan fingerprint density at radius 2 is 1.96 bits per heavy atom.